The summed E-state index contributed by atoms with van der Waals surface area (Å²) < 4.78 is 58.5. The van der Waals surface area contributed by atoms with Gasteiger partial charge in [-0.25, -0.2) is 18.1 Å². The summed E-state index contributed by atoms with van der Waals surface area (Å²) in [6, 6.07) is 12.5. The number of rotatable bonds is 9. The Kier molecular flexibility index (Phi) is 8.70. The summed E-state index contributed by atoms with van der Waals surface area (Å²) in [5.41, 5.74) is -1.63. The van der Waals surface area contributed by atoms with Crippen LogP contribution in [-0.2, 0) is 9.47 Å². The van der Waals surface area contributed by atoms with E-state index in [1.54, 1.807) is 25.1 Å². The van der Waals surface area contributed by atoms with Crippen molar-refractivity contribution in [3.63, 3.8) is 0 Å². The van der Waals surface area contributed by atoms with Gasteiger partial charge < -0.3 is 29.0 Å². The number of methoxy groups -OCH3 is 2. The average molecular weight is 647 g/mol. The summed E-state index contributed by atoms with van der Waals surface area (Å²) in [7, 11) is 2.98. The van der Waals surface area contributed by atoms with Gasteiger partial charge in [0.15, 0.2) is 29.4 Å². The molecule has 5 aromatic rings. The molecule has 1 aliphatic heterocycles. The molecule has 1 N–H and O–H groups in total. The zero-order valence-corrected chi connectivity index (χ0v) is 25.4. The van der Waals surface area contributed by atoms with Gasteiger partial charge in [0.1, 0.15) is 17.1 Å². The van der Waals surface area contributed by atoms with Gasteiger partial charge in [-0.15, -0.1) is 0 Å². The van der Waals surface area contributed by atoms with Crippen LogP contribution in [0.2, 0.25) is 0 Å². The molecule has 0 bridgehead atoms. The molecule has 2 aromatic heterocycles. The van der Waals surface area contributed by atoms with Crippen molar-refractivity contribution < 1.29 is 37.3 Å². The molecule has 14 heteroatoms. The summed E-state index contributed by atoms with van der Waals surface area (Å²) >= 11 is 0. The quantitative estimate of drug-likeness (QED) is 0.239. The van der Waals surface area contributed by atoms with Crippen molar-refractivity contribution in [2.45, 2.75) is 19.3 Å². The van der Waals surface area contributed by atoms with E-state index in [9.17, 15) is 18.8 Å². The molecule has 0 radical (unpaired) electrons. The zero-order valence-electron chi connectivity index (χ0n) is 25.4. The third-order valence-electron chi connectivity index (χ3n) is 7.54. The van der Waals surface area contributed by atoms with E-state index in [1.165, 1.54) is 44.7 Å². The highest BCUT2D eigenvalue weighted by atomic mass is 19.1. The SMILES string of the molecule is COc1cc2nccc(Oc3ccc(NC(=O)c4cn(C(C)C5OCCO5)c(=O)n(-c5ccc(F)cc5)c4=O)cc3F)c2cc1OC. The lowest BCUT2D eigenvalue weighted by molar-refractivity contribution is -0.0744. The van der Waals surface area contributed by atoms with Gasteiger partial charge in [-0.05, 0) is 55.5 Å². The van der Waals surface area contributed by atoms with Crippen molar-refractivity contribution in [3.8, 4) is 28.7 Å². The van der Waals surface area contributed by atoms with Crippen LogP contribution in [0.1, 0.15) is 23.3 Å². The van der Waals surface area contributed by atoms with Gasteiger partial charge in [0, 0.05) is 35.6 Å². The number of amides is 1. The molecule has 12 nitrogen and oxygen atoms in total. The summed E-state index contributed by atoms with van der Waals surface area (Å²) in [4.78, 5) is 44.8. The van der Waals surface area contributed by atoms with E-state index in [4.69, 9.17) is 23.7 Å². The number of nitrogens with zero attached hydrogens (tertiary/aromatic N) is 3. The van der Waals surface area contributed by atoms with Crippen LogP contribution in [0.4, 0.5) is 14.5 Å². The minimum atomic E-state index is -0.965. The summed E-state index contributed by atoms with van der Waals surface area (Å²) in [6.45, 7) is 2.24. The first-order valence-corrected chi connectivity index (χ1v) is 14.4. The largest absolute Gasteiger partial charge is 0.493 e. The first kappa shape index (κ1) is 31.4. The molecule has 1 saturated heterocycles. The molecule has 1 unspecified atom stereocenters. The van der Waals surface area contributed by atoms with Crippen molar-refractivity contribution in [3.05, 3.63) is 111 Å². The molecule has 6 rings (SSSR count). The zero-order chi connectivity index (χ0) is 33.2. The number of aromatic nitrogens is 3. The fourth-order valence-corrected chi connectivity index (χ4v) is 5.14. The van der Waals surface area contributed by atoms with E-state index in [-0.39, 0.29) is 17.1 Å². The van der Waals surface area contributed by atoms with Crippen LogP contribution in [0.5, 0.6) is 23.0 Å². The van der Waals surface area contributed by atoms with Crippen molar-refractivity contribution >= 4 is 22.5 Å². The van der Waals surface area contributed by atoms with E-state index < -0.39 is 46.7 Å². The lowest BCUT2D eigenvalue weighted by atomic mass is 10.1. The molecule has 3 aromatic carbocycles. The summed E-state index contributed by atoms with van der Waals surface area (Å²) in [5, 5.41) is 3.04. The maximum absolute atomic E-state index is 15.3. The number of carbonyl (C=O) groups excluding carboxylic acids is 1. The second kappa shape index (κ2) is 13.0. The summed E-state index contributed by atoms with van der Waals surface area (Å²) in [6.07, 6.45) is 1.78. The van der Waals surface area contributed by atoms with E-state index in [2.05, 4.69) is 10.3 Å². The standard InChI is InChI=1S/C33H28F2N4O8/c1-18(32-45-12-13-46-32)38-17-23(31(41)39(33(38)42)21-7-4-19(34)5-8-21)30(40)37-20-6-9-27(24(35)14-20)47-26-10-11-36-25-16-29(44-3)28(43-2)15-22(25)26/h4-11,14-18,32H,12-13H2,1-3H3,(H,37,40). The Morgan fingerprint density at radius 1 is 0.936 bits per heavy atom. The first-order chi connectivity index (χ1) is 22.7. The highest BCUT2D eigenvalue weighted by Gasteiger charge is 2.29. The van der Waals surface area contributed by atoms with Gasteiger partial charge in [-0.1, -0.05) is 0 Å². The van der Waals surface area contributed by atoms with Crippen LogP contribution in [-0.4, -0.2) is 53.7 Å². The van der Waals surface area contributed by atoms with Crippen molar-refractivity contribution in [2.24, 2.45) is 0 Å². The fourth-order valence-electron chi connectivity index (χ4n) is 5.14. The van der Waals surface area contributed by atoms with Crippen molar-refractivity contribution in [2.75, 3.05) is 32.8 Å². The van der Waals surface area contributed by atoms with Crippen LogP contribution in [0.15, 0.2) is 82.6 Å². The van der Waals surface area contributed by atoms with E-state index in [0.29, 0.717) is 41.4 Å². The molecular formula is C33H28F2N4O8. The molecule has 1 aliphatic rings. The number of hydrogen-bond donors (Lipinski definition) is 1. The first-order valence-electron chi connectivity index (χ1n) is 14.4. The highest BCUT2D eigenvalue weighted by Crippen LogP contribution is 2.37. The molecule has 0 saturated carbocycles. The fraction of sp³-hybridized carbons (Fsp3) is 0.212. The van der Waals surface area contributed by atoms with Gasteiger partial charge in [-0.3, -0.25) is 19.1 Å². The number of ether oxygens (including phenoxy) is 5. The number of hydrogen-bond acceptors (Lipinski definition) is 9. The third kappa shape index (κ3) is 6.15. The topological polar surface area (TPSA) is 132 Å². The molecule has 1 atom stereocenters. The minimum Gasteiger partial charge on any atom is -0.493 e. The van der Waals surface area contributed by atoms with Crippen LogP contribution in [0, 0.1) is 11.6 Å². The van der Waals surface area contributed by atoms with E-state index >= 15 is 4.39 Å². The van der Waals surface area contributed by atoms with Gasteiger partial charge in [0.25, 0.3) is 11.5 Å². The van der Waals surface area contributed by atoms with Crippen LogP contribution in [0.3, 0.4) is 0 Å². The van der Waals surface area contributed by atoms with E-state index in [0.717, 1.165) is 33.5 Å². The lowest BCUT2D eigenvalue weighted by Crippen LogP contribution is -2.44. The van der Waals surface area contributed by atoms with Gasteiger partial charge in [0.2, 0.25) is 0 Å². The second-order valence-electron chi connectivity index (χ2n) is 10.4. The molecule has 1 amide bonds. The Balaban J connectivity index is 1.31. The van der Waals surface area contributed by atoms with E-state index in [1.807, 2.05) is 0 Å². The molecule has 1 fully saturated rings. The number of benzene rings is 3. The average Bonchev–Trinajstić information content (AvgIpc) is 3.61. The Morgan fingerprint density at radius 2 is 1.64 bits per heavy atom. The predicted molar refractivity (Wildman–Crippen MR) is 166 cm³/mol. The normalized spacial score (nSPS) is 13.8. The number of halogens is 2. The maximum atomic E-state index is 15.3. The smallest absolute Gasteiger partial charge is 0.336 e. The Morgan fingerprint density at radius 3 is 2.32 bits per heavy atom. The molecule has 0 spiro atoms. The summed E-state index contributed by atoms with van der Waals surface area (Å²) in [5.74, 6) is -1.28. The van der Waals surface area contributed by atoms with Gasteiger partial charge in [0.05, 0.1) is 44.7 Å². The third-order valence-corrected chi connectivity index (χ3v) is 7.54. The van der Waals surface area contributed by atoms with Crippen molar-refractivity contribution in [1.29, 1.82) is 0 Å². The second-order valence-corrected chi connectivity index (χ2v) is 10.4. The number of anilines is 1. The Hall–Kier alpha value is -5.60. The van der Waals surface area contributed by atoms with Crippen LogP contribution in [0.25, 0.3) is 16.6 Å². The molecular weight excluding hydrogens is 618 g/mol. The monoisotopic (exact) mass is 646 g/mol. The Labute approximate surface area is 265 Å². The number of carbonyl (C=O) groups is 1. The molecule has 3 heterocycles. The number of fused-ring (bicyclic) bond motifs is 1. The maximum Gasteiger partial charge on any atom is 0.336 e. The lowest BCUT2D eigenvalue weighted by Gasteiger charge is -2.22. The molecule has 242 valence electrons. The number of nitrogens with one attached hydrogen (secondary N) is 1. The Bertz CT molecular complexity index is 2090. The van der Waals surface area contributed by atoms with Crippen LogP contribution < -0.4 is 30.8 Å². The molecule has 47 heavy (non-hydrogen) atoms. The predicted octanol–water partition coefficient (Wildman–Crippen LogP) is 4.82. The molecule has 0 aliphatic carbocycles. The van der Waals surface area contributed by atoms with Gasteiger partial charge in [-0.2, -0.15) is 0 Å². The number of pyridine rings is 1. The van der Waals surface area contributed by atoms with Crippen molar-refractivity contribution in [1.82, 2.24) is 14.1 Å². The van der Waals surface area contributed by atoms with Gasteiger partial charge >= 0.3 is 5.69 Å². The highest BCUT2D eigenvalue weighted by molar-refractivity contribution is 6.04. The minimum absolute atomic E-state index is 0.00633. The van der Waals surface area contributed by atoms with Crippen LogP contribution >= 0.6 is 0 Å².